The van der Waals surface area contributed by atoms with E-state index < -0.39 is 5.41 Å². The molecular formula is C18H22O2. The van der Waals surface area contributed by atoms with Gasteiger partial charge in [-0.2, -0.15) is 0 Å². The maximum atomic E-state index is 12.6. The van der Waals surface area contributed by atoms with Gasteiger partial charge in [0.25, 0.3) is 0 Å². The van der Waals surface area contributed by atoms with E-state index in [1.54, 1.807) is 7.11 Å². The highest BCUT2D eigenvalue weighted by Crippen LogP contribution is 2.56. The van der Waals surface area contributed by atoms with Crippen molar-refractivity contribution < 1.29 is 9.53 Å². The van der Waals surface area contributed by atoms with Gasteiger partial charge in [0.1, 0.15) is 5.78 Å². The molecule has 3 aliphatic rings. The van der Waals surface area contributed by atoms with Crippen LogP contribution in [-0.2, 0) is 9.53 Å². The molecule has 0 unspecified atom stereocenters. The first-order chi connectivity index (χ1) is 9.40. The second kappa shape index (κ2) is 4.29. The van der Waals surface area contributed by atoms with Crippen LogP contribution in [0.15, 0.2) is 30.3 Å². The summed E-state index contributed by atoms with van der Waals surface area (Å²) in [6, 6.07) is 8.34. The molecule has 20 heavy (non-hydrogen) atoms. The van der Waals surface area contributed by atoms with Crippen molar-refractivity contribution in [2.75, 3.05) is 7.11 Å². The van der Waals surface area contributed by atoms with Crippen LogP contribution in [0.5, 0.6) is 0 Å². The smallest absolute Gasteiger partial charge is 0.143 e. The molecule has 1 saturated carbocycles. The lowest BCUT2D eigenvalue weighted by atomic mass is 9.54. The molecule has 1 fully saturated rings. The van der Waals surface area contributed by atoms with Gasteiger partial charge in [-0.25, -0.2) is 0 Å². The molecule has 0 spiro atoms. The fourth-order valence-electron chi connectivity index (χ4n) is 3.92. The number of allylic oxidation sites excluding steroid dienone is 1. The highest BCUT2D eigenvalue weighted by molar-refractivity contribution is 6.01. The van der Waals surface area contributed by atoms with E-state index >= 15 is 0 Å². The van der Waals surface area contributed by atoms with Crippen LogP contribution in [-0.4, -0.2) is 18.5 Å². The first-order valence-corrected chi connectivity index (χ1v) is 7.27. The summed E-state index contributed by atoms with van der Waals surface area (Å²) in [5.74, 6) is 0.550. The standard InChI is InChI=1S/C18H22O2/c1-12-7-5-6-8-14(12)15-9-13-10-16(19)17(15,2)11-18(13,3)20-4/h5-9,13H,10-11H2,1-4H3/t13-,17+,18+/m0/s1. The van der Waals surface area contributed by atoms with Gasteiger partial charge in [0, 0.05) is 19.4 Å². The Kier molecular flexibility index (Phi) is 2.91. The molecule has 2 bridgehead atoms. The zero-order chi connectivity index (χ0) is 14.5. The minimum absolute atomic E-state index is 0.191. The monoisotopic (exact) mass is 270 g/mol. The molecule has 0 saturated heterocycles. The molecule has 2 nitrogen and oxygen atoms in total. The van der Waals surface area contributed by atoms with E-state index in [-0.39, 0.29) is 11.5 Å². The van der Waals surface area contributed by atoms with Gasteiger partial charge >= 0.3 is 0 Å². The van der Waals surface area contributed by atoms with E-state index in [9.17, 15) is 4.79 Å². The van der Waals surface area contributed by atoms with Crippen molar-refractivity contribution in [3.8, 4) is 0 Å². The van der Waals surface area contributed by atoms with Crippen LogP contribution >= 0.6 is 0 Å². The summed E-state index contributed by atoms with van der Waals surface area (Å²) in [6.07, 6.45) is 3.67. The second-order valence-corrected chi connectivity index (χ2v) is 6.65. The van der Waals surface area contributed by atoms with Crippen LogP contribution < -0.4 is 0 Å². The largest absolute Gasteiger partial charge is 0.378 e. The minimum atomic E-state index is -0.411. The van der Waals surface area contributed by atoms with E-state index in [4.69, 9.17) is 4.74 Å². The average Bonchev–Trinajstić information content (AvgIpc) is 2.41. The molecule has 0 heterocycles. The van der Waals surface area contributed by atoms with Gasteiger partial charge in [-0.05, 0) is 43.9 Å². The van der Waals surface area contributed by atoms with Crippen molar-refractivity contribution in [3.05, 3.63) is 41.5 Å². The van der Waals surface area contributed by atoms with Crippen molar-refractivity contribution in [3.63, 3.8) is 0 Å². The van der Waals surface area contributed by atoms with Crippen molar-refractivity contribution in [2.45, 2.75) is 39.2 Å². The predicted molar refractivity (Wildman–Crippen MR) is 80.4 cm³/mol. The fraction of sp³-hybridized carbons (Fsp3) is 0.500. The molecule has 1 aromatic carbocycles. The Morgan fingerprint density at radius 1 is 1.25 bits per heavy atom. The van der Waals surface area contributed by atoms with Crippen LogP contribution in [0.2, 0.25) is 0 Å². The Labute approximate surface area is 120 Å². The summed E-state index contributed by atoms with van der Waals surface area (Å²) < 4.78 is 5.74. The number of fused-ring (bicyclic) bond motifs is 2. The number of hydrogen-bond donors (Lipinski definition) is 0. The third-order valence-electron chi connectivity index (χ3n) is 5.37. The minimum Gasteiger partial charge on any atom is -0.378 e. The van der Waals surface area contributed by atoms with Gasteiger partial charge in [0.05, 0.1) is 11.0 Å². The van der Waals surface area contributed by atoms with Gasteiger partial charge < -0.3 is 4.74 Å². The average molecular weight is 270 g/mol. The maximum Gasteiger partial charge on any atom is 0.143 e. The number of methoxy groups -OCH3 is 1. The lowest BCUT2D eigenvalue weighted by Crippen LogP contribution is -2.54. The third kappa shape index (κ3) is 1.71. The van der Waals surface area contributed by atoms with Gasteiger partial charge in [-0.1, -0.05) is 30.3 Å². The van der Waals surface area contributed by atoms with Crippen LogP contribution in [0.25, 0.3) is 5.57 Å². The van der Waals surface area contributed by atoms with Crippen molar-refractivity contribution >= 4 is 11.4 Å². The van der Waals surface area contributed by atoms with E-state index in [2.05, 4.69) is 45.0 Å². The highest BCUT2D eigenvalue weighted by atomic mass is 16.5. The topological polar surface area (TPSA) is 26.3 Å². The first-order valence-electron chi connectivity index (χ1n) is 7.27. The van der Waals surface area contributed by atoms with E-state index in [0.29, 0.717) is 12.2 Å². The van der Waals surface area contributed by atoms with Gasteiger partial charge in [-0.3, -0.25) is 4.79 Å². The number of carbonyl (C=O) groups excluding carboxylic acids is 1. The first kappa shape index (κ1) is 13.6. The molecule has 3 atom stereocenters. The second-order valence-electron chi connectivity index (χ2n) is 6.65. The summed E-state index contributed by atoms with van der Waals surface area (Å²) >= 11 is 0. The SMILES string of the molecule is CO[C@]1(C)C[C@@]2(C)C(=O)C[C@@H]1C=C2c1ccccc1C. The number of hydrogen-bond acceptors (Lipinski definition) is 2. The van der Waals surface area contributed by atoms with Crippen LogP contribution in [0.4, 0.5) is 0 Å². The summed E-state index contributed by atoms with van der Waals surface area (Å²) in [7, 11) is 1.76. The molecule has 0 amide bonds. The number of Topliss-reactive ketones (excluding diaryl/α,β-unsaturated/α-hetero) is 1. The Morgan fingerprint density at radius 2 is 1.95 bits per heavy atom. The zero-order valence-corrected chi connectivity index (χ0v) is 12.7. The highest BCUT2D eigenvalue weighted by Gasteiger charge is 2.55. The van der Waals surface area contributed by atoms with Crippen LogP contribution in [0.3, 0.4) is 0 Å². The Hall–Kier alpha value is -1.41. The molecule has 0 aliphatic heterocycles. The maximum absolute atomic E-state index is 12.6. The normalized spacial score (nSPS) is 36.1. The number of aryl methyl sites for hydroxylation is 1. The zero-order valence-electron chi connectivity index (χ0n) is 12.7. The van der Waals surface area contributed by atoms with Crippen molar-refractivity contribution in [1.82, 2.24) is 0 Å². The summed E-state index contributed by atoms with van der Waals surface area (Å²) in [5.41, 5.74) is 3.03. The number of ether oxygens (including phenoxy) is 1. The Bertz CT molecular complexity index is 601. The lowest BCUT2D eigenvalue weighted by Gasteiger charge is -2.52. The molecular weight excluding hydrogens is 248 g/mol. The van der Waals surface area contributed by atoms with Crippen LogP contribution in [0.1, 0.15) is 37.8 Å². The molecule has 106 valence electrons. The number of rotatable bonds is 2. The molecule has 1 aromatic rings. The number of ketones is 1. The van der Waals surface area contributed by atoms with E-state index in [1.165, 1.54) is 16.7 Å². The summed E-state index contributed by atoms with van der Waals surface area (Å²) in [5, 5.41) is 0. The lowest BCUT2D eigenvalue weighted by molar-refractivity contribution is -0.144. The van der Waals surface area contributed by atoms with Gasteiger partial charge in [0.15, 0.2) is 0 Å². The third-order valence-corrected chi connectivity index (χ3v) is 5.37. The predicted octanol–water partition coefficient (Wildman–Crippen LogP) is 3.78. The van der Waals surface area contributed by atoms with Crippen molar-refractivity contribution in [2.24, 2.45) is 11.3 Å². The fourth-order valence-corrected chi connectivity index (χ4v) is 3.92. The van der Waals surface area contributed by atoms with Gasteiger partial charge in [0.2, 0.25) is 0 Å². The molecule has 0 aromatic heterocycles. The molecule has 0 N–H and O–H groups in total. The van der Waals surface area contributed by atoms with E-state index in [0.717, 1.165) is 6.42 Å². The van der Waals surface area contributed by atoms with Crippen LogP contribution in [0, 0.1) is 18.3 Å². The molecule has 0 radical (unpaired) electrons. The quantitative estimate of drug-likeness (QED) is 0.817. The summed E-state index contributed by atoms with van der Waals surface area (Å²) in [4.78, 5) is 12.6. The van der Waals surface area contributed by atoms with Gasteiger partial charge in [-0.15, -0.1) is 0 Å². The Balaban J connectivity index is 2.16. The number of benzene rings is 1. The summed E-state index contributed by atoms with van der Waals surface area (Å²) in [6.45, 7) is 6.33. The molecule has 2 heteroatoms. The number of carbonyl (C=O) groups is 1. The molecule has 4 rings (SSSR count). The molecule has 3 aliphatic carbocycles. The van der Waals surface area contributed by atoms with E-state index in [1.807, 2.05) is 6.07 Å². The van der Waals surface area contributed by atoms with Crippen molar-refractivity contribution in [1.29, 1.82) is 0 Å². The Morgan fingerprint density at radius 3 is 2.60 bits per heavy atom.